The largest absolute Gasteiger partial charge is 0.296 e. The van der Waals surface area contributed by atoms with Crippen molar-refractivity contribution in [3.63, 3.8) is 0 Å². The zero-order valence-corrected chi connectivity index (χ0v) is 9.93. The Kier molecular flexibility index (Phi) is 3.92. The lowest BCUT2D eigenvalue weighted by Crippen LogP contribution is -2.52. The van der Waals surface area contributed by atoms with E-state index in [1.165, 1.54) is 0 Å². The first-order chi connectivity index (χ1) is 6.02. The van der Waals surface area contributed by atoms with Gasteiger partial charge in [0.2, 0.25) is 0 Å². The van der Waals surface area contributed by atoms with Crippen LogP contribution in [0.15, 0.2) is 0 Å². The van der Waals surface area contributed by atoms with Gasteiger partial charge in [0.25, 0.3) is 0 Å². The molecular formula is C10H21NOS. The van der Waals surface area contributed by atoms with Gasteiger partial charge in [0.05, 0.1) is 0 Å². The molecular weight excluding hydrogens is 182 g/mol. The van der Waals surface area contributed by atoms with Crippen molar-refractivity contribution >= 4 is 10.8 Å². The van der Waals surface area contributed by atoms with E-state index in [0.29, 0.717) is 18.0 Å². The Morgan fingerprint density at radius 3 is 2.38 bits per heavy atom. The highest BCUT2D eigenvalue weighted by Gasteiger charge is 2.29. The predicted molar refractivity (Wildman–Crippen MR) is 58.3 cm³/mol. The van der Waals surface area contributed by atoms with Gasteiger partial charge in [-0.1, -0.05) is 13.8 Å². The van der Waals surface area contributed by atoms with Crippen molar-refractivity contribution in [1.82, 2.24) is 4.90 Å². The molecule has 1 saturated heterocycles. The molecule has 0 aliphatic carbocycles. The van der Waals surface area contributed by atoms with Crippen LogP contribution in [-0.4, -0.2) is 39.2 Å². The van der Waals surface area contributed by atoms with Crippen LogP contribution in [-0.2, 0) is 10.8 Å². The minimum absolute atomic E-state index is 0.523. The normalized spacial score (nSPS) is 31.5. The Hall–Kier alpha value is 0.110. The Labute approximate surface area is 84.2 Å². The van der Waals surface area contributed by atoms with Gasteiger partial charge in [0.15, 0.2) is 0 Å². The van der Waals surface area contributed by atoms with Gasteiger partial charge in [-0.2, -0.15) is 0 Å². The second-order valence-corrected chi connectivity index (χ2v) is 6.07. The van der Waals surface area contributed by atoms with Crippen LogP contribution in [0.1, 0.15) is 27.7 Å². The van der Waals surface area contributed by atoms with Crippen LogP contribution in [0.5, 0.6) is 0 Å². The number of hydrogen-bond donors (Lipinski definition) is 0. The monoisotopic (exact) mass is 203 g/mol. The molecule has 0 amide bonds. The van der Waals surface area contributed by atoms with E-state index in [1.807, 2.05) is 0 Å². The molecule has 1 aliphatic heterocycles. The van der Waals surface area contributed by atoms with Crippen molar-refractivity contribution in [2.75, 3.05) is 18.1 Å². The van der Waals surface area contributed by atoms with Crippen molar-refractivity contribution in [2.45, 2.75) is 39.8 Å². The fourth-order valence-corrected chi connectivity index (χ4v) is 3.50. The summed E-state index contributed by atoms with van der Waals surface area (Å²) in [5.74, 6) is 2.35. The van der Waals surface area contributed by atoms with Gasteiger partial charge in [-0.3, -0.25) is 9.11 Å². The third kappa shape index (κ3) is 2.78. The molecule has 0 aromatic carbocycles. The third-order valence-electron chi connectivity index (χ3n) is 2.79. The molecule has 78 valence electrons. The Morgan fingerprint density at radius 2 is 1.92 bits per heavy atom. The SMILES string of the molecule is CC(C)[C@@H]1C[S@](=O)CCN1C(C)C. The smallest absolute Gasteiger partial charge is 0.0394 e. The summed E-state index contributed by atoms with van der Waals surface area (Å²) < 4.78 is 11.4. The molecule has 3 heteroatoms. The number of nitrogens with zero attached hydrogens (tertiary/aromatic N) is 1. The van der Waals surface area contributed by atoms with E-state index in [0.717, 1.165) is 18.1 Å². The second-order valence-electron chi connectivity index (χ2n) is 4.45. The highest BCUT2D eigenvalue weighted by molar-refractivity contribution is 7.85. The van der Waals surface area contributed by atoms with E-state index < -0.39 is 10.8 Å². The maximum absolute atomic E-state index is 11.4. The minimum atomic E-state index is -0.570. The Morgan fingerprint density at radius 1 is 1.31 bits per heavy atom. The van der Waals surface area contributed by atoms with E-state index in [9.17, 15) is 4.21 Å². The molecule has 0 N–H and O–H groups in total. The molecule has 0 saturated carbocycles. The first-order valence-corrected chi connectivity index (χ1v) is 6.62. The quantitative estimate of drug-likeness (QED) is 0.677. The first-order valence-electron chi connectivity index (χ1n) is 5.13. The third-order valence-corrected chi connectivity index (χ3v) is 4.14. The predicted octanol–water partition coefficient (Wildman–Crippen LogP) is 1.48. The van der Waals surface area contributed by atoms with E-state index in [2.05, 4.69) is 32.6 Å². The molecule has 1 aliphatic rings. The zero-order valence-electron chi connectivity index (χ0n) is 9.12. The molecule has 1 heterocycles. The van der Waals surface area contributed by atoms with Crippen LogP contribution in [0.2, 0.25) is 0 Å². The molecule has 2 nitrogen and oxygen atoms in total. The summed E-state index contributed by atoms with van der Waals surface area (Å²) in [7, 11) is -0.570. The number of hydrogen-bond acceptors (Lipinski definition) is 2. The summed E-state index contributed by atoms with van der Waals surface area (Å²) in [4.78, 5) is 2.49. The molecule has 0 spiro atoms. The Bertz CT molecular complexity index is 191. The van der Waals surface area contributed by atoms with Crippen molar-refractivity contribution < 1.29 is 4.21 Å². The Balaban J connectivity index is 2.66. The first kappa shape index (κ1) is 11.2. The maximum Gasteiger partial charge on any atom is 0.0394 e. The summed E-state index contributed by atoms with van der Waals surface area (Å²) in [5.41, 5.74) is 0. The highest BCUT2D eigenvalue weighted by atomic mass is 32.2. The molecule has 0 unspecified atom stereocenters. The molecule has 0 bridgehead atoms. The summed E-state index contributed by atoms with van der Waals surface area (Å²) in [5, 5.41) is 0. The molecule has 0 aromatic rings. The molecule has 1 rings (SSSR count). The summed E-state index contributed by atoms with van der Waals surface area (Å²) in [6, 6.07) is 1.11. The van der Waals surface area contributed by atoms with Crippen LogP contribution in [0, 0.1) is 5.92 Å². The summed E-state index contributed by atoms with van der Waals surface area (Å²) in [6.07, 6.45) is 0. The molecule has 2 atom stereocenters. The van der Waals surface area contributed by atoms with E-state index in [1.54, 1.807) is 0 Å². The molecule has 1 fully saturated rings. The summed E-state index contributed by atoms with van der Waals surface area (Å²) >= 11 is 0. The summed E-state index contributed by atoms with van der Waals surface area (Å²) in [6.45, 7) is 9.91. The maximum atomic E-state index is 11.4. The molecule has 13 heavy (non-hydrogen) atoms. The standard InChI is InChI=1S/C10H21NOS/c1-8(2)10-7-13(12)6-5-11(10)9(3)4/h8-10H,5-7H2,1-4H3/t10-,13+/m0/s1. The topological polar surface area (TPSA) is 20.3 Å². The van der Waals surface area contributed by atoms with Gasteiger partial charge in [-0.05, 0) is 19.8 Å². The lowest BCUT2D eigenvalue weighted by molar-refractivity contribution is 0.136. The lowest BCUT2D eigenvalue weighted by atomic mass is 10.0. The van der Waals surface area contributed by atoms with Gasteiger partial charge in [-0.25, -0.2) is 0 Å². The van der Waals surface area contributed by atoms with Crippen LogP contribution in [0.25, 0.3) is 0 Å². The van der Waals surface area contributed by atoms with Crippen LogP contribution in [0.3, 0.4) is 0 Å². The molecule has 0 radical (unpaired) electrons. The van der Waals surface area contributed by atoms with Crippen molar-refractivity contribution in [2.24, 2.45) is 5.92 Å². The van der Waals surface area contributed by atoms with Gasteiger partial charge < -0.3 is 0 Å². The fraction of sp³-hybridized carbons (Fsp3) is 1.00. The minimum Gasteiger partial charge on any atom is -0.296 e. The molecule has 0 aromatic heterocycles. The highest BCUT2D eigenvalue weighted by Crippen LogP contribution is 2.19. The number of rotatable bonds is 2. The van der Waals surface area contributed by atoms with Crippen molar-refractivity contribution in [1.29, 1.82) is 0 Å². The van der Waals surface area contributed by atoms with Crippen molar-refractivity contribution in [3.05, 3.63) is 0 Å². The van der Waals surface area contributed by atoms with Crippen LogP contribution >= 0.6 is 0 Å². The van der Waals surface area contributed by atoms with Gasteiger partial charge in [-0.15, -0.1) is 0 Å². The lowest BCUT2D eigenvalue weighted by Gasteiger charge is -2.40. The van der Waals surface area contributed by atoms with Crippen LogP contribution < -0.4 is 0 Å². The van der Waals surface area contributed by atoms with E-state index >= 15 is 0 Å². The van der Waals surface area contributed by atoms with Gasteiger partial charge in [0, 0.05) is 40.9 Å². The van der Waals surface area contributed by atoms with Crippen molar-refractivity contribution in [3.8, 4) is 0 Å². The zero-order chi connectivity index (χ0) is 10.0. The van der Waals surface area contributed by atoms with Crippen LogP contribution in [0.4, 0.5) is 0 Å². The van der Waals surface area contributed by atoms with E-state index in [-0.39, 0.29) is 0 Å². The fourth-order valence-electron chi connectivity index (χ4n) is 1.96. The van der Waals surface area contributed by atoms with Gasteiger partial charge in [0.1, 0.15) is 0 Å². The van der Waals surface area contributed by atoms with Gasteiger partial charge >= 0.3 is 0 Å². The average molecular weight is 203 g/mol. The van der Waals surface area contributed by atoms with E-state index in [4.69, 9.17) is 0 Å². The average Bonchev–Trinajstić information content (AvgIpc) is 2.03. The second kappa shape index (κ2) is 4.56.